The van der Waals surface area contributed by atoms with Gasteiger partial charge in [-0.1, -0.05) is 48.2 Å². The molecule has 5 nitrogen and oxygen atoms in total. The number of nitrogens with one attached hydrogen (secondary N) is 1. The third-order valence-electron chi connectivity index (χ3n) is 4.59. The lowest BCUT2D eigenvalue weighted by Gasteiger charge is -2.10. The average molecular weight is 379 g/mol. The van der Waals surface area contributed by atoms with Crippen LogP contribution in [0.4, 0.5) is 0 Å². The summed E-state index contributed by atoms with van der Waals surface area (Å²) in [6.45, 7) is 1.39. The van der Waals surface area contributed by atoms with Crippen molar-refractivity contribution in [3.63, 3.8) is 0 Å². The van der Waals surface area contributed by atoms with Crippen molar-refractivity contribution in [1.82, 2.24) is 15.5 Å². The van der Waals surface area contributed by atoms with Crippen molar-refractivity contribution < 1.29 is 9.53 Å². The van der Waals surface area contributed by atoms with Gasteiger partial charge in [-0.05, 0) is 41.8 Å². The number of aromatic nitrogens is 2. The molecule has 0 saturated carbocycles. The molecule has 3 aromatic rings. The summed E-state index contributed by atoms with van der Waals surface area (Å²) in [6, 6.07) is 18.4. The number of carbonyl (C=O) groups excluding carboxylic acids is 1. The Hall–Kier alpha value is -2.44. The fraction of sp³-hybridized carbons (Fsp3) is 0.286. The normalized spacial score (nSPS) is 16.5. The van der Waals surface area contributed by atoms with E-state index in [9.17, 15) is 4.79 Å². The van der Waals surface area contributed by atoms with Crippen molar-refractivity contribution in [2.45, 2.75) is 24.0 Å². The molecule has 1 aliphatic heterocycles. The summed E-state index contributed by atoms with van der Waals surface area (Å²) in [5.41, 5.74) is 1.86. The lowest BCUT2D eigenvalue weighted by atomic mass is 10.1. The first-order valence-corrected chi connectivity index (χ1v) is 10.1. The fourth-order valence-corrected chi connectivity index (χ4v) is 3.77. The van der Waals surface area contributed by atoms with Gasteiger partial charge < -0.3 is 10.1 Å². The second-order valence-electron chi connectivity index (χ2n) is 6.55. The van der Waals surface area contributed by atoms with Crippen LogP contribution in [0.1, 0.15) is 12.8 Å². The molecule has 27 heavy (non-hydrogen) atoms. The van der Waals surface area contributed by atoms with Gasteiger partial charge in [-0.3, -0.25) is 4.79 Å². The van der Waals surface area contributed by atoms with Crippen molar-refractivity contribution in [3.05, 3.63) is 54.6 Å². The quantitative estimate of drug-likeness (QED) is 0.662. The molecule has 1 amide bonds. The number of nitrogens with zero attached hydrogens (tertiary/aromatic N) is 2. The number of amides is 1. The molecule has 4 rings (SSSR count). The maximum absolute atomic E-state index is 12.0. The number of ether oxygens (including phenoxy) is 1. The Bertz CT molecular complexity index is 924. The van der Waals surface area contributed by atoms with Gasteiger partial charge in [0.15, 0.2) is 0 Å². The zero-order valence-electron chi connectivity index (χ0n) is 14.9. The van der Waals surface area contributed by atoms with Gasteiger partial charge in [-0.15, -0.1) is 10.2 Å². The summed E-state index contributed by atoms with van der Waals surface area (Å²) in [4.78, 5) is 12.0. The van der Waals surface area contributed by atoms with Crippen LogP contribution in [0.25, 0.3) is 22.0 Å². The Morgan fingerprint density at radius 3 is 2.78 bits per heavy atom. The highest BCUT2D eigenvalue weighted by atomic mass is 32.2. The number of hydrogen-bond donors (Lipinski definition) is 1. The Kier molecular flexibility index (Phi) is 5.65. The highest BCUT2D eigenvalue weighted by molar-refractivity contribution is 7.99. The van der Waals surface area contributed by atoms with Crippen LogP contribution in [0.3, 0.4) is 0 Å². The van der Waals surface area contributed by atoms with Gasteiger partial charge in [-0.25, -0.2) is 0 Å². The standard InChI is InChI=1S/C21H21N3O2S/c25-20(22-13-18-6-3-11-26-18)14-27-21-10-9-19(23-24-21)17-8-7-15-4-1-2-5-16(15)12-17/h1-2,4-5,7-10,12,18H,3,6,11,13-14H2,(H,22,25). The van der Waals surface area contributed by atoms with Crippen LogP contribution in [0.2, 0.25) is 0 Å². The Labute approximate surface area is 162 Å². The van der Waals surface area contributed by atoms with Crippen molar-refractivity contribution in [2.24, 2.45) is 0 Å². The maximum atomic E-state index is 12.0. The van der Waals surface area contributed by atoms with E-state index in [-0.39, 0.29) is 12.0 Å². The van der Waals surface area contributed by atoms with E-state index in [1.54, 1.807) is 0 Å². The molecule has 1 fully saturated rings. The van der Waals surface area contributed by atoms with E-state index in [0.29, 0.717) is 12.3 Å². The second-order valence-corrected chi connectivity index (χ2v) is 7.54. The van der Waals surface area contributed by atoms with Crippen LogP contribution < -0.4 is 5.32 Å². The zero-order chi connectivity index (χ0) is 18.5. The third kappa shape index (κ3) is 4.64. The highest BCUT2D eigenvalue weighted by Gasteiger charge is 2.16. The minimum Gasteiger partial charge on any atom is -0.376 e. The second kappa shape index (κ2) is 8.50. The largest absolute Gasteiger partial charge is 0.376 e. The summed E-state index contributed by atoms with van der Waals surface area (Å²) in [5.74, 6) is 0.326. The van der Waals surface area contributed by atoms with Crippen LogP contribution >= 0.6 is 11.8 Å². The van der Waals surface area contributed by atoms with Crippen LogP contribution in [-0.2, 0) is 9.53 Å². The molecule has 0 spiro atoms. The molecule has 2 aromatic carbocycles. The van der Waals surface area contributed by atoms with Crippen LogP contribution in [0.15, 0.2) is 59.6 Å². The lowest BCUT2D eigenvalue weighted by molar-refractivity contribution is -0.119. The van der Waals surface area contributed by atoms with Gasteiger partial charge in [0.25, 0.3) is 0 Å². The van der Waals surface area contributed by atoms with Gasteiger partial charge in [0.05, 0.1) is 17.6 Å². The van der Waals surface area contributed by atoms with Gasteiger partial charge in [0, 0.05) is 18.7 Å². The molecule has 1 aliphatic rings. The van der Waals surface area contributed by atoms with Crippen LogP contribution in [0.5, 0.6) is 0 Å². The first-order chi connectivity index (χ1) is 13.3. The van der Waals surface area contributed by atoms with Gasteiger partial charge in [0.2, 0.25) is 5.91 Å². The summed E-state index contributed by atoms with van der Waals surface area (Å²) in [6.07, 6.45) is 2.27. The van der Waals surface area contributed by atoms with Crippen molar-refractivity contribution in [3.8, 4) is 11.3 Å². The Morgan fingerprint density at radius 1 is 1.11 bits per heavy atom. The number of benzene rings is 2. The minimum atomic E-state index is -0.00379. The first-order valence-electron chi connectivity index (χ1n) is 9.12. The highest BCUT2D eigenvalue weighted by Crippen LogP contribution is 2.24. The van der Waals surface area contributed by atoms with E-state index in [1.165, 1.54) is 22.5 Å². The fourth-order valence-electron chi connectivity index (χ4n) is 3.12. The molecular formula is C21H21N3O2S. The minimum absolute atomic E-state index is 0.00379. The van der Waals surface area contributed by atoms with E-state index < -0.39 is 0 Å². The predicted octanol–water partition coefficient (Wildman–Crippen LogP) is 3.68. The average Bonchev–Trinajstić information content (AvgIpc) is 3.24. The van der Waals surface area contributed by atoms with E-state index >= 15 is 0 Å². The molecule has 0 aliphatic carbocycles. The Morgan fingerprint density at radius 2 is 2.00 bits per heavy atom. The number of rotatable bonds is 6. The van der Waals surface area contributed by atoms with E-state index in [4.69, 9.17) is 4.74 Å². The summed E-state index contributed by atoms with van der Waals surface area (Å²) in [5, 5.41) is 14.6. The third-order valence-corrected chi connectivity index (χ3v) is 5.51. The van der Waals surface area contributed by atoms with E-state index in [0.717, 1.165) is 35.7 Å². The number of carbonyl (C=O) groups is 1. The first kappa shape index (κ1) is 17.9. The van der Waals surface area contributed by atoms with Crippen molar-refractivity contribution >= 4 is 28.4 Å². The van der Waals surface area contributed by atoms with Gasteiger partial charge >= 0.3 is 0 Å². The molecular weight excluding hydrogens is 358 g/mol. The summed E-state index contributed by atoms with van der Waals surface area (Å²) < 4.78 is 5.50. The number of thioether (sulfide) groups is 1. The molecule has 2 heterocycles. The van der Waals surface area contributed by atoms with Gasteiger partial charge in [-0.2, -0.15) is 0 Å². The van der Waals surface area contributed by atoms with Crippen LogP contribution in [0, 0.1) is 0 Å². The predicted molar refractivity (Wildman–Crippen MR) is 108 cm³/mol. The monoisotopic (exact) mass is 379 g/mol. The zero-order valence-corrected chi connectivity index (χ0v) is 15.7. The van der Waals surface area contributed by atoms with E-state index in [1.807, 2.05) is 24.3 Å². The lowest BCUT2D eigenvalue weighted by Crippen LogP contribution is -2.32. The molecule has 1 N–H and O–H groups in total. The number of hydrogen-bond acceptors (Lipinski definition) is 5. The Balaban J connectivity index is 1.33. The van der Waals surface area contributed by atoms with Crippen molar-refractivity contribution in [1.29, 1.82) is 0 Å². The molecule has 6 heteroatoms. The molecule has 0 bridgehead atoms. The molecule has 1 saturated heterocycles. The van der Waals surface area contributed by atoms with Crippen LogP contribution in [-0.4, -0.2) is 41.1 Å². The molecule has 138 valence electrons. The SMILES string of the molecule is O=C(CSc1ccc(-c2ccc3ccccc3c2)nn1)NCC1CCCO1. The molecule has 0 radical (unpaired) electrons. The maximum Gasteiger partial charge on any atom is 0.230 e. The topological polar surface area (TPSA) is 64.1 Å². The smallest absolute Gasteiger partial charge is 0.230 e. The summed E-state index contributed by atoms with van der Waals surface area (Å²) >= 11 is 1.39. The molecule has 1 aromatic heterocycles. The number of fused-ring (bicyclic) bond motifs is 1. The van der Waals surface area contributed by atoms with E-state index in [2.05, 4.69) is 45.8 Å². The summed E-state index contributed by atoms with van der Waals surface area (Å²) in [7, 11) is 0. The van der Waals surface area contributed by atoms with Crippen molar-refractivity contribution in [2.75, 3.05) is 18.9 Å². The molecule has 1 atom stereocenters. The molecule has 1 unspecified atom stereocenters. The van der Waals surface area contributed by atoms with Gasteiger partial charge in [0.1, 0.15) is 5.03 Å².